The Balaban J connectivity index is 1.38. The van der Waals surface area contributed by atoms with Crippen molar-refractivity contribution in [1.29, 1.82) is 0 Å². The molecule has 1 saturated carbocycles. The first-order valence-electron chi connectivity index (χ1n) is 6.94. The van der Waals surface area contributed by atoms with E-state index in [1.165, 1.54) is 0 Å². The van der Waals surface area contributed by atoms with E-state index >= 15 is 0 Å². The summed E-state index contributed by atoms with van der Waals surface area (Å²) in [5.74, 6) is 1.82. The molecule has 2 aliphatic heterocycles. The van der Waals surface area contributed by atoms with E-state index < -0.39 is 0 Å². The Hall–Kier alpha value is -1.66. The molecule has 0 aromatic heterocycles. The second-order valence-corrected chi connectivity index (χ2v) is 5.79. The topological polar surface area (TPSA) is 64.8 Å². The summed E-state index contributed by atoms with van der Waals surface area (Å²) in [6.07, 6.45) is -0.0499. The summed E-state index contributed by atoms with van der Waals surface area (Å²) in [5, 5.41) is 10.6. The lowest BCUT2D eigenvalue weighted by Crippen LogP contribution is -2.42. The van der Waals surface area contributed by atoms with Gasteiger partial charge in [-0.15, -0.1) is 0 Å². The minimum atomic E-state index is -0.367. The molecule has 4 rings (SSSR count). The van der Waals surface area contributed by atoms with Gasteiger partial charge in [-0.1, -0.05) is 0 Å². The number of nitro groups is 1. The van der Waals surface area contributed by atoms with Gasteiger partial charge in [0.05, 0.1) is 4.92 Å². The van der Waals surface area contributed by atoms with Crippen LogP contribution in [-0.4, -0.2) is 30.6 Å². The van der Waals surface area contributed by atoms with Crippen LogP contribution in [0.15, 0.2) is 24.3 Å². The number of nitro benzene ring substituents is 1. The second kappa shape index (κ2) is 4.17. The number of ether oxygens (including phenoxy) is 2. The average Bonchev–Trinajstić information content (AvgIpc) is 2.88. The van der Waals surface area contributed by atoms with Crippen LogP contribution in [0.25, 0.3) is 0 Å². The zero-order chi connectivity index (χ0) is 13.9. The van der Waals surface area contributed by atoms with Crippen LogP contribution in [0.1, 0.15) is 6.92 Å². The summed E-state index contributed by atoms with van der Waals surface area (Å²) in [6, 6.07) is 6.79. The van der Waals surface area contributed by atoms with E-state index in [4.69, 9.17) is 9.47 Å². The van der Waals surface area contributed by atoms with Gasteiger partial charge in [0.2, 0.25) is 0 Å². The summed E-state index contributed by atoms with van der Waals surface area (Å²) in [4.78, 5) is 12.6. The first-order chi connectivity index (χ1) is 9.63. The Kier molecular flexibility index (Phi) is 2.52. The van der Waals surface area contributed by atoms with Gasteiger partial charge in [-0.2, -0.15) is 0 Å². The van der Waals surface area contributed by atoms with Crippen molar-refractivity contribution >= 4 is 11.4 Å². The van der Waals surface area contributed by atoms with Gasteiger partial charge in [-0.3, -0.25) is 10.1 Å². The molecule has 0 amide bonds. The normalized spacial score (nSPS) is 38.2. The smallest absolute Gasteiger partial charge is 0.269 e. The summed E-state index contributed by atoms with van der Waals surface area (Å²) in [6.45, 7) is 3.90. The second-order valence-electron chi connectivity index (χ2n) is 5.79. The minimum Gasteiger partial charge on any atom is -0.371 e. The lowest BCUT2D eigenvalue weighted by molar-refractivity contribution is -0.385. The van der Waals surface area contributed by atoms with Crippen LogP contribution in [0.5, 0.6) is 0 Å². The molecule has 3 aliphatic rings. The number of fused-ring (bicyclic) bond motifs is 1. The molecule has 1 aromatic rings. The number of hydrogen-bond donors (Lipinski definition) is 0. The largest absolute Gasteiger partial charge is 0.371 e. The third kappa shape index (κ3) is 1.79. The Morgan fingerprint density at radius 3 is 2.30 bits per heavy atom. The van der Waals surface area contributed by atoms with Gasteiger partial charge < -0.3 is 14.4 Å². The summed E-state index contributed by atoms with van der Waals surface area (Å²) < 4.78 is 11.1. The van der Waals surface area contributed by atoms with Crippen molar-refractivity contribution in [1.82, 2.24) is 0 Å². The van der Waals surface area contributed by atoms with Crippen LogP contribution in [0.4, 0.5) is 11.4 Å². The van der Waals surface area contributed by atoms with Gasteiger partial charge in [-0.25, -0.2) is 0 Å². The molecular weight excluding hydrogens is 260 g/mol. The van der Waals surface area contributed by atoms with Crippen molar-refractivity contribution in [3.05, 3.63) is 34.4 Å². The van der Waals surface area contributed by atoms with Gasteiger partial charge in [-0.05, 0) is 30.9 Å². The highest BCUT2D eigenvalue weighted by atomic mass is 16.9. The molecule has 3 fully saturated rings. The molecule has 2 unspecified atom stereocenters. The highest BCUT2D eigenvalue weighted by molar-refractivity contribution is 5.52. The molecule has 1 aliphatic carbocycles. The highest BCUT2D eigenvalue weighted by Gasteiger charge is 2.62. The van der Waals surface area contributed by atoms with E-state index in [0.717, 1.165) is 18.8 Å². The molecular formula is C14H16N2O4. The van der Waals surface area contributed by atoms with Crippen LogP contribution >= 0.6 is 0 Å². The first kappa shape index (κ1) is 12.1. The molecule has 2 saturated heterocycles. The van der Waals surface area contributed by atoms with E-state index in [1.807, 2.05) is 19.1 Å². The maximum Gasteiger partial charge on any atom is 0.269 e. The monoisotopic (exact) mass is 276 g/mol. The fraction of sp³-hybridized carbons (Fsp3) is 0.571. The number of rotatable bonds is 3. The van der Waals surface area contributed by atoms with Gasteiger partial charge in [0.25, 0.3) is 5.69 Å². The molecule has 0 bridgehead atoms. The van der Waals surface area contributed by atoms with Crippen LogP contribution < -0.4 is 4.90 Å². The molecule has 1 aromatic carbocycles. The van der Waals surface area contributed by atoms with Crippen LogP contribution in [0, 0.1) is 27.9 Å². The molecule has 20 heavy (non-hydrogen) atoms. The third-order valence-electron chi connectivity index (χ3n) is 4.65. The van der Waals surface area contributed by atoms with Crippen LogP contribution in [0.3, 0.4) is 0 Å². The fourth-order valence-electron chi connectivity index (χ4n) is 3.54. The Bertz CT molecular complexity index is 529. The van der Waals surface area contributed by atoms with Crippen LogP contribution in [0.2, 0.25) is 0 Å². The van der Waals surface area contributed by atoms with E-state index in [2.05, 4.69) is 4.90 Å². The number of piperidine rings is 1. The molecule has 0 radical (unpaired) electrons. The lowest BCUT2D eigenvalue weighted by atomic mass is 10.2. The fourth-order valence-corrected chi connectivity index (χ4v) is 3.54. The Morgan fingerprint density at radius 2 is 1.80 bits per heavy atom. The first-order valence-corrected chi connectivity index (χ1v) is 6.94. The zero-order valence-electron chi connectivity index (χ0n) is 11.1. The molecule has 6 heteroatoms. The summed E-state index contributed by atoms with van der Waals surface area (Å²) >= 11 is 0. The number of nitrogens with zero attached hydrogens (tertiary/aromatic N) is 2. The Morgan fingerprint density at radius 1 is 1.20 bits per heavy atom. The van der Waals surface area contributed by atoms with Crippen molar-refractivity contribution in [3.8, 4) is 0 Å². The quantitative estimate of drug-likeness (QED) is 0.624. The van der Waals surface area contributed by atoms with E-state index in [9.17, 15) is 10.1 Å². The van der Waals surface area contributed by atoms with Crippen LogP contribution in [-0.2, 0) is 9.47 Å². The van der Waals surface area contributed by atoms with Crippen molar-refractivity contribution in [2.45, 2.75) is 19.5 Å². The standard InChI is InChI=1S/C14H16N2O4/c1-8-19-14(20-8)13-11-6-15(7-12(11)13)9-2-4-10(5-3-9)16(17)18/h2-5,8,11-14H,6-7H2,1H3. The molecule has 2 heterocycles. The maximum atomic E-state index is 10.6. The SMILES string of the molecule is CC1OC(C2C3CN(c4ccc([N+](=O)[O-])cc4)CC32)O1. The number of non-ortho nitro benzene ring substituents is 1. The maximum absolute atomic E-state index is 10.6. The molecule has 0 N–H and O–H groups in total. The number of benzene rings is 1. The van der Waals surface area contributed by atoms with Gasteiger partial charge in [0, 0.05) is 36.8 Å². The predicted octanol–water partition coefficient (Wildman–Crippen LogP) is 2.00. The van der Waals surface area contributed by atoms with Gasteiger partial charge >= 0.3 is 0 Å². The van der Waals surface area contributed by atoms with Crippen molar-refractivity contribution in [2.24, 2.45) is 17.8 Å². The molecule has 106 valence electrons. The van der Waals surface area contributed by atoms with E-state index in [1.54, 1.807) is 12.1 Å². The van der Waals surface area contributed by atoms with Crippen molar-refractivity contribution < 1.29 is 14.4 Å². The predicted molar refractivity (Wildman–Crippen MR) is 71.2 cm³/mol. The van der Waals surface area contributed by atoms with E-state index in [0.29, 0.717) is 17.8 Å². The van der Waals surface area contributed by atoms with Crippen molar-refractivity contribution in [2.75, 3.05) is 18.0 Å². The average molecular weight is 276 g/mol. The summed E-state index contributed by atoms with van der Waals surface area (Å²) in [5.41, 5.74) is 1.20. The van der Waals surface area contributed by atoms with Gasteiger partial charge in [0.1, 0.15) is 0 Å². The molecule has 6 nitrogen and oxygen atoms in total. The third-order valence-corrected chi connectivity index (χ3v) is 4.65. The van der Waals surface area contributed by atoms with E-state index in [-0.39, 0.29) is 23.2 Å². The number of hydrogen-bond acceptors (Lipinski definition) is 5. The zero-order valence-corrected chi connectivity index (χ0v) is 11.1. The lowest BCUT2D eigenvalue weighted by Gasteiger charge is -2.36. The van der Waals surface area contributed by atoms with Crippen molar-refractivity contribution in [3.63, 3.8) is 0 Å². The Labute approximate surface area is 116 Å². The molecule has 2 atom stereocenters. The minimum absolute atomic E-state index is 0.000916. The van der Waals surface area contributed by atoms with Gasteiger partial charge in [0.15, 0.2) is 12.6 Å². The highest BCUT2D eigenvalue weighted by Crippen LogP contribution is 2.56. The number of anilines is 1. The molecule has 0 spiro atoms. The summed E-state index contributed by atoms with van der Waals surface area (Å²) in [7, 11) is 0.